The summed E-state index contributed by atoms with van der Waals surface area (Å²) in [5.41, 5.74) is -0.129. The monoisotopic (exact) mass is 768 g/mol. The predicted molar refractivity (Wildman–Crippen MR) is 195 cm³/mol. The van der Waals surface area contributed by atoms with Crippen LogP contribution in [-0.4, -0.2) is 113 Å². The van der Waals surface area contributed by atoms with E-state index in [1.54, 1.807) is 10.8 Å². The van der Waals surface area contributed by atoms with E-state index in [0.29, 0.717) is 0 Å². The van der Waals surface area contributed by atoms with Crippen LogP contribution in [0.5, 0.6) is 0 Å². The summed E-state index contributed by atoms with van der Waals surface area (Å²) in [6.45, 7) is 5.70. The minimum Gasteiger partial charge on any atom is -0.450 e. The first-order valence-electron chi connectivity index (χ1n) is 18.2. The maximum Gasteiger partial charge on any atom is 0.407 e. The number of hydrogen-bond donors (Lipinski definition) is 3. The number of aliphatic hydroxyl groups excluding tert-OH is 1. The van der Waals surface area contributed by atoms with Gasteiger partial charge in [-0.1, -0.05) is 44.2 Å². The molecule has 55 heavy (non-hydrogen) atoms. The number of nitrogens with one attached hydrogen (secondary N) is 2. The fourth-order valence-electron chi connectivity index (χ4n) is 6.71. The van der Waals surface area contributed by atoms with Gasteiger partial charge in [-0.25, -0.2) is 22.9 Å². The third kappa shape index (κ3) is 10.6. The van der Waals surface area contributed by atoms with E-state index in [1.807, 2.05) is 44.2 Å². The zero-order valence-electron chi connectivity index (χ0n) is 31.1. The number of halogens is 3. The zero-order chi connectivity index (χ0) is 39.7. The Labute approximate surface area is 317 Å². The minimum atomic E-state index is -1.47. The molecule has 0 spiro atoms. The number of rotatable bonds is 18. The second kappa shape index (κ2) is 18.5. The number of aliphatic hydroxyl groups is 1. The number of carbonyl (C=O) groups is 4. The van der Waals surface area contributed by atoms with Crippen LogP contribution in [0, 0.1) is 23.0 Å². The lowest BCUT2D eigenvalue weighted by Crippen LogP contribution is -2.50. The molecule has 5 rings (SSSR count). The first-order chi connectivity index (χ1) is 26.2. The van der Waals surface area contributed by atoms with Crippen molar-refractivity contribution >= 4 is 23.8 Å². The average Bonchev–Trinajstić information content (AvgIpc) is 3.84. The zero-order valence-corrected chi connectivity index (χ0v) is 31.1. The molecule has 1 saturated heterocycles. The largest absolute Gasteiger partial charge is 0.450 e. The van der Waals surface area contributed by atoms with E-state index in [9.17, 15) is 28.7 Å². The van der Waals surface area contributed by atoms with E-state index in [-0.39, 0.29) is 82.6 Å². The van der Waals surface area contributed by atoms with Crippen molar-refractivity contribution in [2.45, 2.75) is 52.1 Å². The van der Waals surface area contributed by atoms with Crippen molar-refractivity contribution in [3.63, 3.8) is 0 Å². The summed E-state index contributed by atoms with van der Waals surface area (Å²) in [7, 11) is 0. The lowest BCUT2D eigenvalue weighted by molar-refractivity contribution is -0.146. The predicted octanol–water partition coefficient (Wildman–Crippen LogP) is 3.77. The summed E-state index contributed by atoms with van der Waals surface area (Å²) in [5, 5.41) is 16.3. The van der Waals surface area contributed by atoms with Crippen molar-refractivity contribution in [2.24, 2.45) is 11.3 Å². The molecule has 1 fully saturated rings. The molecule has 0 radical (unpaired) electrons. The summed E-state index contributed by atoms with van der Waals surface area (Å²) >= 11 is 0. The van der Waals surface area contributed by atoms with Crippen LogP contribution >= 0.6 is 0 Å². The van der Waals surface area contributed by atoms with Crippen LogP contribution in [0.25, 0.3) is 11.3 Å². The van der Waals surface area contributed by atoms with Crippen LogP contribution in [0.2, 0.25) is 0 Å². The van der Waals surface area contributed by atoms with Gasteiger partial charge in [0.25, 0.3) is 17.7 Å². The normalized spacial score (nSPS) is 18.1. The highest BCUT2D eigenvalue weighted by Gasteiger charge is 2.44. The third-order valence-corrected chi connectivity index (χ3v) is 9.69. The van der Waals surface area contributed by atoms with Crippen LogP contribution in [0.15, 0.2) is 66.9 Å². The van der Waals surface area contributed by atoms with Gasteiger partial charge < -0.3 is 34.7 Å². The number of benzene rings is 2. The van der Waals surface area contributed by atoms with E-state index < -0.39 is 65.1 Å². The molecule has 2 aromatic carbocycles. The Kier molecular flexibility index (Phi) is 13.8. The van der Waals surface area contributed by atoms with Gasteiger partial charge in [-0.05, 0) is 42.5 Å². The molecule has 0 bridgehead atoms. The molecule has 0 aliphatic carbocycles. The number of ether oxygens (including phenoxy) is 2. The van der Waals surface area contributed by atoms with Crippen molar-refractivity contribution in [1.29, 1.82) is 0 Å². The maximum atomic E-state index is 15.2. The summed E-state index contributed by atoms with van der Waals surface area (Å²) in [6, 6.07) is 11.4. The lowest BCUT2D eigenvalue weighted by atomic mass is 9.79. The van der Waals surface area contributed by atoms with Gasteiger partial charge in [0.2, 0.25) is 0 Å². The smallest absolute Gasteiger partial charge is 0.407 e. The van der Waals surface area contributed by atoms with Gasteiger partial charge in [0.05, 0.1) is 38.1 Å². The average molecular weight is 769 g/mol. The van der Waals surface area contributed by atoms with Crippen molar-refractivity contribution in [1.82, 2.24) is 30.0 Å². The SMILES string of the molecule is CC(O)C(=O)N(CC1CNCC1F)C(c1nc(-c2cc(F)ccc2F)cn1Cc1ccccc1)C(C)(C)CCOC(=O)NCCOCCN1C(=O)C=CC1=O. The highest BCUT2D eigenvalue weighted by Crippen LogP contribution is 2.43. The standard InChI is InChI=1S/C39H47F3N6O7/c1-25(49)37(52)48(23-27-20-43-21-31(27)42)35(39(2,3)13-16-55-38(53)44-14-17-54-18-15-47-33(50)11-12-34(47)51)36-45-32(29-19-28(40)9-10-30(29)41)24-46(36)22-26-7-5-4-6-8-26/h4-12,19,24-25,27,31,35,43,49H,13-18,20-23H2,1-3H3,(H,44,53). The van der Waals surface area contributed by atoms with Crippen molar-refractivity contribution < 1.29 is 46.9 Å². The summed E-state index contributed by atoms with van der Waals surface area (Å²) in [5.74, 6) is -3.23. The van der Waals surface area contributed by atoms with Gasteiger partial charge in [-0.3, -0.25) is 19.3 Å². The quantitative estimate of drug-likeness (QED) is 0.130. The Morgan fingerprint density at radius 3 is 2.47 bits per heavy atom. The van der Waals surface area contributed by atoms with Gasteiger partial charge in [-0.2, -0.15) is 0 Å². The number of imide groups is 1. The number of imidazole rings is 1. The van der Waals surface area contributed by atoms with E-state index in [2.05, 4.69) is 10.6 Å². The molecule has 3 heterocycles. The highest BCUT2D eigenvalue weighted by molar-refractivity contribution is 6.12. The number of carbonyl (C=O) groups excluding carboxylic acids is 4. The molecule has 3 aromatic rings. The molecule has 4 unspecified atom stereocenters. The molecule has 4 amide bonds. The highest BCUT2D eigenvalue weighted by atomic mass is 19.1. The second-order valence-electron chi connectivity index (χ2n) is 14.3. The lowest BCUT2D eigenvalue weighted by Gasteiger charge is -2.43. The summed E-state index contributed by atoms with van der Waals surface area (Å²) in [4.78, 5) is 57.2. The molecule has 2 aliphatic heterocycles. The number of amides is 4. The fourth-order valence-corrected chi connectivity index (χ4v) is 6.71. The van der Waals surface area contributed by atoms with Crippen molar-refractivity contribution in [3.8, 4) is 11.3 Å². The first-order valence-corrected chi connectivity index (χ1v) is 18.2. The topological polar surface area (TPSA) is 155 Å². The summed E-state index contributed by atoms with van der Waals surface area (Å²) in [6.07, 6.45) is 0.612. The van der Waals surface area contributed by atoms with E-state index in [0.717, 1.165) is 28.7 Å². The molecule has 296 valence electrons. The van der Waals surface area contributed by atoms with E-state index in [4.69, 9.17) is 14.5 Å². The Balaban J connectivity index is 1.39. The van der Waals surface area contributed by atoms with Crippen LogP contribution in [-0.2, 0) is 30.4 Å². The van der Waals surface area contributed by atoms with Crippen LogP contribution in [0.1, 0.15) is 44.6 Å². The molecule has 0 saturated carbocycles. The third-order valence-electron chi connectivity index (χ3n) is 9.69. The van der Waals surface area contributed by atoms with Gasteiger partial charge >= 0.3 is 6.09 Å². The Bertz CT molecular complexity index is 1840. The number of alkyl carbamates (subject to hydrolysis) is 1. The molecule has 13 nitrogen and oxygen atoms in total. The molecule has 3 N–H and O–H groups in total. The van der Waals surface area contributed by atoms with Crippen LogP contribution in [0.4, 0.5) is 18.0 Å². The Morgan fingerprint density at radius 2 is 1.80 bits per heavy atom. The Hall–Kier alpha value is -5.06. The maximum absolute atomic E-state index is 15.2. The van der Waals surface area contributed by atoms with Gasteiger partial charge in [0.15, 0.2) is 0 Å². The Morgan fingerprint density at radius 1 is 1.07 bits per heavy atom. The fraction of sp³-hybridized carbons (Fsp3) is 0.462. The van der Waals surface area contributed by atoms with Crippen LogP contribution in [0.3, 0.4) is 0 Å². The molecule has 4 atom stereocenters. The molecule has 1 aromatic heterocycles. The number of aromatic nitrogens is 2. The van der Waals surface area contributed by atoms with E-state index >= 15 is 8.78 Å². The number of alkyl halides is 1. The number of hydrogen-bond acceptors (Lipinski definition) is 9. The first kappa shape index (κ1) is 41.1. The molecule has 16 heteroatoms. The van der Waals surface area contributed by atoms with Gasteiger partial charge in [0.1, 0.15) is 29.7 Å². The summed E-state index contributed by atoms with van der Waals surface area (Å²) < 4.78 is 57.4. The molecular weight excluding hydrogens is 721 g/mol. The van der Waals surface area contributed by atoms with E-state index in [1.165, 1.54) is 24.0 Å². The molecule has 2 aliphatic rings. The number of nitrogens with zero attached hydrogens (tertiary/aromatic N) is 4. The van der Waals surface area contributed by atoms with Gasteiger partial charge in [0, 0.05) is 62.6 Å². The minimum absolute atomic E-state index is 0.0748. The second-order valence-corrected chi connectivity index (χ2v) is 14.3. The van der Waals surface area contributed by atoms with Crippen molar-refractivity contribution in [2.75, 3.05) is 52.5 Å². The van der Waals surface area contributed by atoms with Crippen molar-refractivity contribution in [3.05, 3.63) is 89.9 Å². The molecular formula is C39H47F3N6O7. The van der Waals surface area contributed by atoms with Crippen LogP contribution < -0.4 is 10.6 Å². The van der Waals surface area contributed by atoms with Gasteiger partial charge in [-0.15, -0.1) is 0 Å².